The molecule has 0 rings (SSSR count). The average molecular weight is 164 g/mol. The first-order valence-electron chi connectivity index (χ1n) is 3.32. The highest BCUT2D eigenvalue weighted by Crippen LogP contribution is 1.93. The number of hydrogen-bond donors (Lipinski definition) is 2. The smallest absolute Gasteiger partial charge is 0.450 e. The van der Waals surface area contributed by atoms with Crippen LogP contribution in [-0.2, 0) is 0 Å². The summed E-state index contributed by atoms with van der Waals surface area (Å²) in [4.78, 5) is 8.56. The Morgan fingerprint density at radius 1 is 1.55 bits per heavy atom. The van der Waals surface area contributed by atoms with Crippen LogP contribution < -0.4 is 0 Å². The van der Waals surface area contributed by atoms with Gasteiger partial charge in [-0.3, -0.25) is 0 Å². The quantitative estimate of drug-likeness (QED) is 0.630. The zero-order valence-electron chi connectivity index (χ0n) is 6.46. The summed E-state index contributed by atoms with van der Waals surface area (Å²) in [5, 5.41) is 13.9. The average Bonchev–Trinajstić information content (AvgIpc) is 1.88. The molecule has 0 aliphatic rings. The highest BCUT2D eigenvalue weighted by molar-refractivity contribution is 5.53. The van der Waals surface area contributed by atoms with E-state index in [-0.39, 0.29) is 0 Å². The molecule has 0 aliphatic carbocycles. The maximum absolute atomic E-state index is 11.1. The zero-order valence-corrected chi connectivity index (χ0v) is 6.46. The molecule has 0 aliphatic heterocycles. The number of halogens is 1. The summed E-state index contributed by atoms with van der Waals surface area (Å²) in [5.74, 6) is 0. The van der Waals surface area contributed by atoms with E-state index >= 15 is 0 Å². The Labute approximate surface area is 65.2 Å². The lowest BCUT2D eigenvalue weighted by atomic mass is 10.2. The molecule has 0 amide bonds. The van der Waals surface area contributed by atoms with Gasteiger partial charge in [0.1, 0.15) is 0 Å². The van der Waals surface area contributed by atoms with Crippen LogP contribution in [0.4, 0.5) is 9.18 Å². The molecule has 0 aromatic rings. The van der Waals surface area contributed by atoms with Crippen molar-refractivity contribution in [1.82, 2.24) is 0 Å². The number of carboxylic acid groups (broad SMARTS) is 2. The molecule has 0 saturated carbocycles. The van der Waals surface area contributed by atoms with E-state index in [1.165, 1.54) is 0 Å². The Kier molecular flexibility index (Phi) is 13.4. The van der Waals surface area contributed by atoms with Gasteiger partial charge < -0.3 is 10.2 Å². The number of hydrogen-bond acceptors (Lipinski definition) is 1. The normalized spacial score (nSPS) is 8.91. The van der Waals surface area contributed by atoms with Gasteiger partial charge in [-0.1, -0.05) is 19.4 Å². The Hall–Kier alpha value is -1.06. The van der Waals surface area contributed by atoms with Crippen LogP contribution in [0.3, 0.4) is 0 Å². The third-order valence-electron chi connectivity index (χ3n) is 0.813. The standard InChI is InChI=1S/C6H11F.CH2O3/c1-2-3-4-5-6-7;2-1(3)4/h5-6H,2-4H2,1H3;(H2,2,3,4). The van der Waals surface area contributed by atoms with Gasteiger partial charge in [-0.15, -0.1) is 0 Å². The van der Waals surface area contributed by atoms with Gasteiger partial charge in [-0.25, -0.2) is 9.18 Å². The van der Waals surface area contributed by atoms with Crippen molar-refractivity contribution in [2.75, 3.05) is 0 Å². The van der Waals surface area contributed by atoms with E-state index in [1.54, 1.807) is 6.08 Å². The first kappa shape index (κ1) is 12.6. The molecule has 3 nitrogen and oxygen atoms in total. The van der Waals surface area contributed by atoms with Gasteiger partial charge in [0.05, 0.1) is 6.33 Å². The Bertz CT molecular complexity index is 108. The topological polar surface area (TPSA) is 57.5 Å². The molecule has 0 heterocycles. The van der Waals surface area contributed by atoms with Crippen molar-refractivity contribution in [3.63, 3.8) is 0 Å². The fourth-order valence-corrected chi connectivity index (χ4v) is 0.385. The van der Waals surface area contributed by atoms with Crippen molar-refractivity contribution in [3.05, 3.63) is 12.4 Å². The van der Waals surface area contributed by atoms with Crippen molar-refractivity contribution in [3.8, 4) is 0 Å². The van der Waals surface area contributed by atoms with Gasteiger partial charge in [0.15, 0.2) is 0 Å². The molecule has 4 heteroatoms. The van der Waals surface area contributed by atoms with Crippen molar-refractivity contribution in [2.45, 2.75) is 26.2 Å². The maximum atomic E-state index is 11.1. The van der Waals surface area contributed by atoms with Crippen molar-refractivity contribution in [2.24, 2.45) is 0 Å². The molecule has 66 valence electrons. The number of unbranched alkanes of at least 4 members (excludes halogenated alkanes) is 2. The summed E-state index contributed by atoms with van der Waals surface area (Å²) < 4.78 is 11.1. The summed E-state index contributed by atoms with van der Waals surface area (Å²) in [6.07, 6.45) is 3.44. The lowest BCUT2D eigenvalue weighted by Crippen LogP contribution is -1.81. The van der Waals surface area contributed by atoms with Gasteiger partial charge in [-0.05, 0) is 12.8 Å². The SMILES string of the molecule is CCCCC=CF.O=C(O)O. The van der Waals surface area contributed by atoms with Crippen LogP contribution >= 0.6 is 0 Å². The molecule has 0 aromatic heterocycles. The minimum atomic E-state index is -1.83. The van der Waals surface area contributed by atoms with E-state index in [4.69, 9.17) is 15.0 Å². The lowest BCUT2D eigenvalue weighted by Gasteiger charge is -1.82. The van der Waals surface area contributed by atoms with E-state index < -0.39 is 6.16 Å². The fourth-order valence-electron chi connectivity index (χ4n) is 0.385. The first-order valence-corrected chi connectivity index (χ1v) is 3.32. The van der Waals surface area contributed by atoms with Crippen LogP contribution in [0.2, 0.25) is 0 Å². The number of carbonyl (C=O) groups is 1. The zero-order chi connectivity index (χ0) is 9.11. The third-order valence-corrected chi connectivity index (χ3v) is 0.813. The van der Waals surface area contributed by atoms with E-state index in [0.29, 0.717) is 6.33 Å². The summed E-state index contributed by atoms with van der Waals surface area (Å²) in [6.45, 7) is 2.09. The Morgan fingerprint density at radius 3 is 2.27 bits per heavy atom. The van der Waals surface area contributed by atoms with Crippen molar-refractivity contribution < 1.29 is 19.4 Å². The summed E-state index contributed by atoms with van der Waals surface area (Å²) in [5.41, 5.74) is 0. The van der Waals surface area contributed by atoms with Gasteiger partial charge in [0.2, 0.25) is 0 Å². The van der Waals surface area contributed by atoms with Gasteiger partial charge in [0, 0.05) is 0 Å². The second kappa shape index (κ2) is 11.7. The summed E-state index contributed by atoms with van der Waals surface area (Å²) in [6, 6.07) is 0. The highest BCUT2D eigenvalue weighted by atomic mass is 19.1. The molecule has 0 radical (unpaired) electrons. The molecule has 0 spiro atoms. The number of allylic oxidation sites excluding steroid dienone is 1. The second-order valence-electron chi connectivity index (χ2n) is 1.79. The Morgan fingerprint density at radius 2 is 2.00 bits per heavy atom. The molecular formula is C7H13FO3. The molecule has 0 aromatic carbocycles. The lowest BCUT2D eigenvalue weighted by molar-refractivity contribution is 0.137. The van der Waals surface area contributed by atoms with E-state index in [9.17, 15) is 4.39 Å². The largest absolute Gasteiger partial charge is 0.503 e. The van der Waals surface area contributed by atoms with Crippen molar-refractivity contribution >= 4 is 6.16 Å². The fraction of sp³-hybridized carbons (Fsp3) is 0.571. The second-order valence-corrected chi connectivity index (χ2v) is 1.79. The molecular weight excluding hydrogens is 151 g/mol. The van der Waals surface area contributed by atoms with Crippen LogP contribution in [0.5, 0.6) is 0 Å². The predicted octanol–water partition coefficient (Wildman–Crippen LogP) is 2.88. The molecule has 0 bridgehead atoms. The minimum Gasteiger partial charge on any atom is -0.450 e. The number of rotatable bonds is 3. The molecule has 11 heavy (non-hydrogen) atoms. The molecule has 2 N–H and O–H groups in total. The van der Waals surface area contributed by atoms with Crippen LogP contribution in [0.25, 0.3) is 0 Å². The highest BCUT2D eigenvalue weighted by Gasteiger charge is 1.74. The maximum Gasteiger partial charge on any atom is 0.503 e. The van der Waals surface area contributed by atoms with Crippen molar-refractivity contribution in [1.29, 1.82) is 0 Å². The predicted molar refractivity (Wildman–Crippen MR) is 40.4 cm³/mol. The van der Waals surface area contributed by atoms with Gasteiger partial charge in [0.25, 0.3) is 0 Å². The van der Waals surface area contributed by atoms with Crippen LogP contribution in [0.15, 0.2) is 12.4 Å². The minimum absolute atomic E-state index is 0.607. The molecule has 0 saturated heterocycles. The third kappa shape index (κ3) is 49.8. The van der Waals surface area contributed by atoms with Gasteiger partial charge in [-0.2, -0.15) is 0 Å². The van der Waals surface area contributed by atoms with Gasteiger partial charge >= 0.3 is 6.16 Å². The Balaban J connectivity index is 0. The summed E-state index contributed by atoms with van der Waals surface area (Å²) >= 11 is 0. The van der Waals surface area contributed by atoms with E-state index in [2.05, 4.69) is 6.92 Å². The molecule has 0 atom stereocenters. The van der Waals surface area contributed by atoms with Crippen LogP contribution in [0, 0.1) is 0 Å². The van der Waals surface area contributed by atoms with Crippen LogP contribution in [0.1, 0.15) is 26.2 Å². The van der Waals surface area contributed by atoms with Crippen LogP contribution in [-0.4, -0.2) is 16.4 Å². The summed E-state index contributed by atoms with van der Waals surface area (Å²) in [7, 11) is 0. The first-order chi connectivity index (χ1) is 5.15. The molecule has 0 unspecified atom stereocenters. The van der Waals surface area contributed by atoms with E-state index in [1.807, 2.05) is 0 Å². The monoisotopic (exact) mass is 164 g/mol. The van der Waals surface area contributed by atoms with E-state index in [0.717, 1.165) is 19.3 Å². The molecule has 0 fully saturated rings.